The number of carboxylic acids is 1. The first-order valence-corrected chi connectivity index (χ1v) is 5.81. The third kappa shape index (κ3) is 4.45. The number of terminal acetylenes is 1. The van der Waals surface area contributed by atoms with E-state index >= 15 is 0 Å². The van der Waals surface area contributed by atoms with Crippen LogP contribution >= 0.6 is 0 Å². The highest BCUT2D eigenvalue weighted by molar-refractivity contribution is 5.83. The fourth-order valence-corrected chi connectivity index (χ4v) is 1.57. The van der Waals surface area contributed by atoms with Crippen molar-refractivity contribution in [2.24, 2.45) is 0 Å². The van der Waals surface area contributed by atoms with E-state index in [0.29, 0.717) is 5.56 Å². The highest BCUT2D eigenvalue weighted by Gasteiger charge is 2.24. The summed E-state index contributed by atoms with van der Waals surface area (Å²) in [6.45, 7) is 1.71. The average molecular weight is 260 g/mol. The van der Waals surface area contributed by atoms with Crippen LogP contribution in [0.25, 0.3) is 0 Å². The maximum Gasteiger partial charge on any atom is 0.325 e. The van der Waals surface area contributed by atoms with Crippen molar-refractivity contribution in [3.63, 3.8) is 0 Å². The molecule has 1 rings (SSSR count). The predicted molar refractivity (Wildman–Crippen MR) is 71.3 cm³/mol. The van der Waals surface area contributed by atoms with E-state index in [1.165, 1.54) is 0 Å². The van der Waals surface area contributed by atoms with Crippen LogP contribution in [0.2, 0.25) is 0 Å². The number of rotatable bonds is 6. The molecule has 5 nitrogen and oxygen atoms in total. The van der Waals surface area contributed by atoms with E-state index in [9.17, 15) is 14.7 Å². The Balaban J connectivity index is 2.73. The molecule has 0 radical (unpaired) electrons. The zero-order valence-electron chi connectivity index (χ0n) is 10.6. The van der Waals surface area contributed by atoms with Crippen LogP contribution in [0.1, 0.15) is 18.5 Å². The minimum absolute atomic E-state index is 0.119. The van der Waals surface area contributed by atoms with Crippen LogP contribution in [0.5, 0.6) is 0 Å². The maximum atomic E-state index is 11.6. The van der Waals surface area contributed by atoms with Gasteiger partial charge in [0.25, 0.3) is 0 Å². The second-order valence-corrected chi connectivity index (χ2v) is 3.99. The summed E-state index contributed by atoms with van der Waals surface area (Å²) in [5.74, 6) is 0.913. The van der Waals surface area contributed by atoms with Crippen LogP contribution in [-0.2, 0) is 9.59 Å². The third-order valence-electron chi connectivity index (χ3n) is 2.55. The number of carboxylic acid groups (broad SMARTS) is 1. The van der Waals surface area contributed by atoms with E-state index in [2.05, 4.69) is 16.6 Å². The van der Waals surface area contributed by atoms with Crippen molar-refractivity contribution in [1.29, 1.82) is 0 Å². The Hall–Kier alpha value is -2.32. The summed E-state index contributed by atoms with van der Waals surface area (Å²) in [7, 11) is 0. The van der Waals surface area contributed by atoms with Crippen molar-refractivity contribution < 1.29 is 14.7 Å². The minimum Gasteiger partial charge on any atom is -0.480 e. The van der Waals surface area contributed by atoms with Gasteiger partial charge in [-0.1, -0.05) is 36.3 Å². The van der Waals surface area contributed by atoms with E-state index in [1.54, 1.807) is 37.3 Å². The zero-order valence-corrected chi connectivity index (χ0v) is 10.6. The van der Waals surface area contributed by atoms with Crippen molar-refractivity contribution in [3.8, 4) is 12.3 Å². The highest BCUT2D eigenvalue weighted by atomic mass is 16.4. The highest BCUT2D eigenvalue weighted by Crippen LogP contribution is 2.13. The van der Waals surface area contributed by atoms with E-state index < -0.39 is 18.1 Å². The van der Waals surface area contributed by atoms with E-state index in [0.717, 1.165) is 0 Å². The van der Waals surface area contributed by atoms with Gasteiger partial charge in [-0.2, -0.15) is 0 Å². The van der Waals surface area contributed by atoms with Crippen LogP contribution < -0.4 is 10.6 Å². The Kier molecular flexibility index (Phi) is 5.58. The molecule has 1 aromatic carbocycles. The van der Waals surface area contributed by atoms with E-state index in [1.807, 2.05) is 0 Å². The zero-order chi connectivity index (χ0) is 14.3. The SMILES string of the molecule is C#CCNC(=O)C(C)NC(C(=O)O)c1ccccc1. The molecule has 0 aliphatic carbocycles. The van der Waals surface area contributed by atoms with Gasteiger partial charge in [0, 0.05) is 0 Å². The fourth-order valence-electron chi connectivity index (χ4n) is 1.57. The number of amides is 1. The molecule has 1 aromatic rings. The lowest BCUT2D eigenvalue weighted by atomic mass is 10.1. The lowest BCUT2D eigenvalue weighted by Gasteiger charge is -2.19. The normalized spacial score (nSPS) is 13.1. The second kappa shape index (κ2) is 7.19. The molecule has 0 saturated carbocycles. The minimum atomic E-state index is -1.04. The number of hydrogen-bond donors (Lipinski definition) is 3. The van der Waals surface area contributed by atoms with Crippen LogP contribution in [-0.4, -0.2) is 29.6 Å². The van der Waals surface area contributed by atoms with Gasteiger partial charge in [-0.15, -0.1) is 6.42 Å². The molecule has 0 saturated heterocycles. The summed E-state index contributed by atoms with van der Waals surface area (Å²) in [5.41, 5.74) is 0.589. The summed E-state index contributed by atoms with van der Waals surface area (Å²) in [4.78, 5) is 22.9. The van der Waals surface area contributed by atoms with Gasteiger partial charge in [0.1, 0.15) is 6.04 Å². The molecule has 0 aliphatic heterocycles. The quantitative estimate of drug-likeness (QED) is 0.652. The molecule has 1 amide bonds. The molecular weight excluding hydrogens is 244 g/mol. The van der Waals surface area contributed by atoms with Crippen molar-refractivity contribution in [1.82, 2.24) is 10.6 Å². The van der Waals surface area contributed by atoms with Crippen LogP contribution in [0, 0.1) is 12.3 Å². The van der Waals surface area contributed by atoms with Crippen LogP contribution in [0.15, 0.2) is 30.3 Å². The van der Waals surface area contributed by atoms with Gasteiger partial charge in [-0.25, -0.2) is 0 Å². The molecule has 2 atom stereocenters. The first-order chi connectivity index (χ1) is 9.06. The summed E-state index contributed by atoms with van der Waals surface area (Å²) in [6.07, 6.45) is 5.04. The van der Waals surface area contributed by atoms with Gasteiger partial charge in [-0.3, -0.25) is 14.9 Å². The lowest BCUT2D eigenvalue weighted by molar-refractivity contribution is -0.140. The van der Waals surface area contributed by atoms with Crippen LogP contribution in [0.4, 0.5) is 0 Å². The summed E-state index contributed by atoms with van der Waals surface area (Å²) in [6, 6.07) is 7.08. The summed E-state index contributed by atoms with van der Waals surface area (Å²) in [5, 5.41) is 14.5. The van der Waals surface area contributed by atoms with Crippen LogP contribution in [0.3, 0.4) is 0 Å². The monoisotopic (exact) mass is 260 g/mol. The van der Waals surface area contributed by atoms with Crippen molar-refractivity contribution >= 4 is 11.9 Å². The molecule has 0 spiro atoms. The van der Waals surface area contributed by atoms with Gasteiger partial charge in [0.2, 0.25) is 5.91 Å². The Morgan fingerprint density at radius 1 is 1.37 bits per heavy atom. The summed E-state index contributed by atoms with van der Waals surface area (Å²) < 4.78 is 0. The number of hydrogen-bond acceptors (Lipinski definition) is 3. The Morgan fingerprint density at radius 2 is 2.00 bits per heavy atom. The molecule has 19 heavy (non-hydrogen) atoms. The molecule has 0 bridgehead atoms. The Morgan fingerprint density at radius 3 is 2.53 bits per heavy atom. The van der Waals surface area contributed by atoms with Crippen molar-refractivity contribution in [2.45, 2.75) is 19.0 Å². The number of aliphatic carboxylic acids is 1. The molecule has 0 heterocycles. The smallest absolute Gasteiger partial charge is 0.325 e. The lowest BCUT2D eigenvalue weighted by Crippen LogP contribution is -2.45. The van der Waals surface area contributed by atoms with Gasteiger partial charge in [-0.05, 0) is 12.5 Å². The Bertz CT molecular complexity index is 479. The standard InChI is InChI=1S/C14H16N2O3/c1-3-9-15-13(17)10(2)16-12(14(18)19)11-7-5-4-6-8-11/h1,4-8,10,12,16H,9H2,2H3,(H,15,17)(H,18,19). The number of nitrogens with one attached hydrogen (secondary N) is 2. The first kappa shape index (κ1) is 14.7. The van der Waals surface area contributed by atoms with E-state index in [4.69, 9.17) is 6.42 Å². The van der Waals surface area contributed by atoms with Crippen molar-refractivity contribution in [2.75, 3.05) is 6.54 Å². The molecular formula is C14H16N2O3. The average Bonchev–Trinajstić information content (AvgIpc) is 2.42. The molecule has 2 unspecified atom stereocenters. The fraction of sp³-hybridized carbons (Fsp3) is 0.286. The third-order valence-corrected chi connectivity index (χ3v) is 2.55. The molecule has 0 fully saturated rings. The van der Waals surface area contributed by atoms with Gasteiger partial charge in [0.15, 0.2) is 0 Å². The molecule has 0 aliphatic rings. The van der Waals surface area contributed by atoms with E-state index in [-0.39, 0.29) is 12.5 Å². The van der Waals surface area contributed by atoms with Gasteiger partial charge >= 0.3 is 5.97 Å². The molecule has 0 aromatic heterocycles. The van der Waals surface area contributed by atoms with Gasteiger partial charge < -0.3 is 10.4 Å². The molecule has 3 N–H and O–H groups in total. The Labute approximate surface area is 112 Å². The number of benzene rings is 1. The predicted octanol–water partition coefficient (Wildman–Crippen LogP) is 0.540. The largest absolute Gasteiger partial charge is 0.480 e. The molecule has 100 valence electrons. The first-order valence-electron chi connectivity index (χ1n) is 5.81. The number of carbonyl (C=O) groups excluding carboxylic acids is 1. The topological polar surface area (TPSA) is 78.4 Å². The maximum absolute atomic E-state index is 11.6. The second-order valence-electron chi connectivity index (χ2n) is 3.99. The molecule has 5 heteroatoms. The van der Waals surface area contributed by atoms with Crippen molar-refractivity contribution in [3.05, 3.63) is 35.9 Å². The summed E-state index contributed by atoms with van der Waals surface area (Å²) >= 11 is 0. The van der Waals surface area contributed by atoms with Gasteiger partial charge in [0.05, 0.1) is 12.6 Å². The number of carbonyl (C=O) groups is 2.